The number of amides is 2. The molecule has 1 N–H and O–H groups in total. The number of aromatic nitrogens is 2. The Morgan fingerprint density at radius 2 is 2.00 bits per heavy atom. The fourth-order valence-electron chi connectivity index (χ4n) is 2.80. The molecule has 0 saturated carbocycles. The number of hydrogen-bond donors (Lipinski definition) is 1. The minimum Gasteiger partial charge on any atom is -0.476 e. The number of anilines is 2. The average molecular weight is 416 g/mol. The van der Waals surface area contributed by atoms with Gasteiger partial charge >= 0.3 is 12.1 Å². The number of carbonyl (C=O) groups excluding carboxylic acids is 3. The third-order valence-corrected chi connectivity index (χ3v) is 4.10. The van der Waals surface area contributed by atoms with Crippen molar-refractivity contribution in [3.63, 3.8) is 0 Å². The Balaban J connectivity index is 1.74. The fourth-order valence-corrected chi connectivity index (χ4v) is 2.80. The number of rotatable bonds is 4. The van der Waals surface area contributed by atoms with E-state index in [4.69, 9.17) is 9.47 Å². The van der Waals surface area contributed by atoms with Gasteiger partial charge in [0.05, 0.1) is 31.2 Å². The standard InChI is InChI=1S/C20H24N4O6/c1-20(2,3)30-19(27)24-11-16(29-15-8-6-5-7-14(15)24)18(26)22-13-9-21-23(10-13)12-17(25)28-4/h5-10,16H,11-12H2,1-4H3,(H,22,26). The maximum Gasteiger partial charge on any atom is 0.415 e. The molecule has 1 atom stereocenters. The Hall–Kier alpha value is -3.56. The molecule has 0 saturated heterocycles. The molecular weight excluding hydrogens is 392 g/mol. The highest BCUT2D eigenvalue weighted by Crippen LogP contribution is 2.34. The number of para-hydroxylation sites is 2. The molecule has 10 heteroatoms. The Kier molecular flexibility index (Phi) is 5.95. The second kappa shape index (κ2) is 8.44. The molecule has 1 aromatic carbocycles. The Morgan fingerprint density at radius 1 is 1.27 bits per heavy atom. The van der Waals surface area contributed by atoms with Crippen LogP contribution in [0.3, 0.4) is 0 Å². The summed E-state index contributed by atoms with van der Waals surface area (Å²) >= 11 is 0. The number of benzene rings is 1. The molecule has 0 fully saturated rings. The van der Waals surface area contributed by atoms with E-state index in [2.05, 4.69) is 15.2 Å². The maximum absolute atomic E-state index is 12.8. The van der Waals surface area contributed by atoms with Crippen molar-refractivity contribution in [3.05, 3.63) is 36.7 Å². The molecule has 0 aliphatic carbocycles. The first-order chi connectivity index (χ1) is 14.2. The molecule has 3 rings (SSSR count). The molecular formula is C20H24N4O6. The predicted molar refractivity (Wildman–Crippen MR) is 107 cm³/mol. The van der Waals surface area contributed by atoms with Crippen molar-refractivity contribution in [2.75, 3.05) is 23.9 Å². The van der Waals surface area contributed by atoms with Crippen LogP contribution in [-0.2, 0) is 25.6 Å². The molecule has 0 radical (unpaired) electrons. The average Bonchev–Trinajstić information content (AvgIpc) is 3.12. The van der Waals surface area contributed by atoms with E-state index >= 15 is 0 Å². The molecule has 1 unspecified atom stereocenters. The van der Waals surface area contributed by atoms with Gasteiger partial charge in [0.15, 0.2) is 6.10 Å². The lowest BCUT2D eigenvalue weighted by Crippen LogP contribution is -2.50. The van der Waals surface area contributed by atoms with Gasteiger partial charge in [0.2, 0.25) is 0 Å². The lowest BCUT2D eigenvalue weighted by Gasteiger charge is -2.35. The highest BCUT2D eigenvalue weighted by Gasteiger charge is 2.36. The lowest BCUT2D eigenvalue weighted by molar-refractivity contribution is -0.141. The first-order valence-electron chi connectivity index (χ1n) is 9.32. The summed E-state index contributed by atoms with van der Waals surface area (Å²) in [5.74, 6) is -0.525. The van der Waals surface area contributed by atoms with Crippen molar-refractivity contribution in [1.82, 2.24) is 9.78 Å². The number of nitrogens with one attached hydrogen (secondary N) is 1. The lowest BCUT2D eigenvalue weighted by atomic mass is 10.1. The molecule has 2 amide bonds. The summed E-state index contributed by atoms with van der Waals surface area (Å²) in [6.45, 7) is 5.22. The second-order valence-electron chi connectivity index (χ2n) is 7.66. The van der Waals surface area contributed by atoms with Gasteiger partial charge in [-0.1, -0.05) is 12.1 Å². The van der Waals surface area contributed by atoms with Gasteiger partial charge in [-0.25, -0.2) is 4.79 Å². The van der Waals surface area contributed by atoms with E-state index in [9.17, 15) is 14.4 Å². The largest absolute Gasteiger partial charge is 0.476 e. The number of fused-ring (bicyclic) bond motifs is 1. The summed E-state index contributed by atoms with van der Waals surface area (Å²) in [5.41, 5.74) is 0.230. The van der Waals surface area contributed by atoms with E-state index in [1.807, 2.05) is 0 Å². The van der Waals surface area contributed by atoms with Crippen LogP contribution in [0, 0.1) is 0 Å². The normalized spacial score (nSPS) is 15.6. The third kappa shape index (κ3) is 5.07. The number of methoxy groups -OCH3 is 1. The number of hydrogen-bond acceptors (Lipinski definition) is 7. The van der Waals surface area contributed by atoms with Gasteiger partial charge in [-0.2, -0.15) is 5.10 Å². The van der Waals surface area contributed by atoms with Gasteiger partial charge in [0, 0.05) is 6.20 Å². The summed E-state index contributed by atoms with van der Waals surface area (Å²) in [6.07, 6.45) is 1.37. The zero-order valence-electron chi connectivity index (χ0n) is 17.2. The monoisotopic (exact) mass is 416 g/mol. The number of esters is 1. The minimum absolute atomic E-state index is 0.0198. The van der Waals surface area contributed by atoms with Crippen molar-refractivity contribution in [3.8, 4) is 5.75 Å². The van der Waals surface area contributed by atoms with Crippen molar-refractivity contribution in [2.24, 2.45) is 0 Å². The van der Waals surface area contributed by atoms with Gasteiger partial charge in [0.25, 0.3) is 5.91 Å². The van der Waals surface area contributed by atoms with Crippen LogP contribution in [-0.4, -0.2) is 53.1 Å². The van der Waals surface area contributed by atoms with Crippen LogP contribution in [0.5, 0.6) is 5.75 Å². The SMILES string of the molecule is COC(=O)Cn1cc(NC(=O)C2CN(C(=O)OC(C)(C)C)c3ccccc3O2)cn1. The van der Waals surface area contributed by atoms with E-state index in [1.165, 1.54) is 29.1 Å². The summed E-state index contributed by atoms with van der Waals surface area (Å²) in [6, 6.07) is 6.93. The van der Waals surface area contributed by atoms with Crippen molar-refractivity contribution in [1.29, 1.82) is 0 Å². The summed E-state index contributed by atoms with van der Waals surface area (Å²) < 4.78 is 17.2. The van der Waals surface area contributed by atoms with Crippen LogP contribution in [0.4, 0.5) is 16.2 Å². The predicted octanol–water partition coefficient (Wildman–Crippen LogP) is 2.20. The molecule has 1 aliphatic heterocycles. The maximum atomic E-state index is 12.8. The van der Waals surface area contributed by atoms with Gasteiger partial charge in [-0.3, -0.25) is 19.2 Å². The Morgan fingerprint density at radius 3 is 2.70 bits per heavy atom. The van der Waals surface area contributed by atoms with Crippen LogP contribution in [0.2, 0.25) is 0 Å². The Bertz CT molecular complexity index is 949. The van der Waals surface area contributed by atoms with E-state index in [0.717, 1.165) is 0 Å². The summed E-state index contributed by atoms with van der Waals surface area (Å²) in [7, 11) is 1.28. The second-order valence-corrected chi connectivity index (χ2v) is 7.66. The molecule has 10 nitrogen and oxygen atoms in total. The molecule has 1 aliphatic rings. The van der Waals surface area contributed by atoms with Crippen molar-refractivity contribution < 1.29 is 28.6 Å². The van der Waals surface area contributed by atoms with Gasteiger partial charge in [-0.15, -0.1) is 0 Å². The Labute approximate surface area is 173 Å². The molecule has 30 heavy (non-hydrogen) atoms. The minimum atomic E-state index is -0.962. The molecule has 2 heterocycles. The van der Waals surface area contributed by atoms with E-state index in [0.29, 0.717) is 17.1 Å². The zero-order valence-corrected chi connectivity index (χ0v) is 17.2. The summed E-state index contributed by atoms with van der Waals surface area (Å²) in [4.78, 5) is 38.2. The number of nitrogens with zero attached hydrogens (tertiary/aromatic N) is 3. The quantitative estimate of drug-likeness (QED) is 0.761. The highest BCUT2D eigenvalue weighted by molar-refractivity contribution is 5.98. The molecule has 1 aromatic heterocycles. The molecule has 0 spiro atoms. The molecule has 2 aromatic rings. The summed E-state index contributed by atoms with van der Waals surface area (Å²) in [5, 5.41) is 6.68. The molecule has 0 bridgehead atoms. The number of ether oxygens (including phenoxy) is 3. The van der Waals surface area contributed by atoms with Crippen molar-refractivity contribution >= 4 is 29.3 Å². The topological polar surface area (TPSA) is 112 Å². The van der Waals surface area contributed by atoms with Gasteiger partial charge in [-0.05, 0) is 32.9 Å². The van der Waals surface area contributed by atoms with Crippen LogP contribution in [0.25, 0.3) is 0 Å². The first-order valence-corrected chi connectivity index (χ1v) is 9.32. The van der Waals surface area contributed by atoms with E-state index < -0.39 is 29.7 Å². The number of carbonyl (C=O) groups is 3. The fraction of sp³-hybridized carbons (Fsp3) is 0.400. The smallest absolute Gasteiger partial charge is 0.415 e. The van der Waals surface area contributed by atoms with Crippen LogP contribution >= 0.6 is 0 Å². The highest BCUT2D eigenvalue weighted by atomic mass is 16.6. The van der Waals surface area contributed by atoms with Gasteiger partial charge < -0.3 is 19.5 Å². The van der Waals surface area contributed by atoms with Crippen molar-refractivity contribution in [2.45, 2.75) is 39.0 Å². The van der Waals surface area contributed by atoms with E-state index in [-0.39, 0.29) is 13.1 Å². The first kappa shape index (κ1) is 21.2. The van der Waals surface area contributed by atoms with Crippen LogP contribution in [0.15, 0.2) is 36.7 Å². The van der Waals surface area contributed by atoms with Crippen LogP contribution < -0.4 is 15.0 Å². The van der Waals surface area contributed by atoms with Crippen LogP contribution in [0.1, 0.15) is 20.8 Å². The van der Waals surface area contributed by atoms with E-state index in [1.54, 1.807) is 45.0 Å². The van der Waals surface area contributed by atoms with Gasteiger partial charge in [0.1, 0.15) is 17.9 Å². The molecule has 160 valence electrons. The third-order valence-electron chi connectivity index (χ3n) is 4.10. The zero-order chi connectivity index (χ0) is 21.9.